The molecule has 150 valence electrons. The van der Waals surface area contributed by atoms with Crippen molar-refractivity contribution in [2.75, 3.05) is 18.0 Å². The summed E-state index contributed by atoms with van der Waals surface area (Å²) in [5.74, 6) is 0.720. The lowest BCUT2D eigenvalue weighted by molar-refractivity contribution is -0.384. The molecule has 1 saturated heterocycles. The molecule has 0 saturated carbocycles. The van der Waals surface area contributed by atoms with Gasteiger partial charge >= 0.3 is 0 Å². The zero-order valence-electron chi connectivity index (χ0n) is 16.3. The first-order chi connectivity index (χ1) is 14.1. The highest BCUT2D eigenvalue weighted by Crippen LogP contribution is 2.36. The Morgan fingerprint density at radius 1 is 1.00 bits per heavy atom. The average Bonchev–Trinajstić information content (AvgIpc) is 2.94. The van der Waals surface area contributed by atoms with Gasteiger partial charge in [0.15, 0.2) is 11.0 Å². The Balaban J connectivity index is 1.73. The van der Waals surface area contributed by atoms with Gasteiger partial charge in [-0.25, -0.2) is 0 Å². The van der Waals surface area contributed by atoms with Crippen molar-refractivity contribution in [3.8, 4) is 11.4 Å². The maximum Gasteiger partial charge on any atom is 0.271 e. The summed E-state index contributed by atoms with van der Waals surface area (Å²) in [5, 5.41) is 21.0. The van der Waals surface area contributed by atoms with Crippen molar-refractivity contribution >= 4 is 23.1 Å². The van der Waals surface area contributed by atoms with Crippen LogP contribution in [0, 0.1) is 10.1 Å². The summed E-state index contributed by atoms with van der Waals surface area (Å²) in [7, 11) is 1.94. The van der Waals surface area contributed by atoms with Crippen molar-refractivity contribution in [2.45, 2.75) is 35.7 Å². The number of anilines is 1. The van der Waals surface area contributed by atoms with Crippen molar-refractivity contribution in [3.05, 3.63) is 58.6 Å². The Bertz CT molecular complexity index is 998. The van der Waals surface area contributed by atoms with Crippen LogP contribution in [0.1, 0.15) is 25.7 Å². The molecule has 1 aliphatic rings. The smallest absolute Gasteiger partial charge is 0.271 e. The topological polar surface area (TPSA) is 77.1 Å². The Hall–Kier alpha value is -2.87. The van der Waals surface area contributed by atoms with Crippen molar-refractivity contribution < 1.29 is 4.92 Å². The number of nitro benzene ring substituents is 1. The minimum Gasteiger partial charge on any atom is -0.371 e. The van der Waals surface area contributed by atoms with Crippen LogP contribution in [0.3, 0.4) is 0 Å². The van der Waals surface area contributed by atoms with E-state index in [1.165, 1.54) is 12.8 Å². The molecule has 4 rings (SSSR count). The van der Waals surface area contributed by atoms with Gasteiger partial charge in [0.05, 0.1) is 10.6 Å². The highest BCUT2D eigenvalue weighted by atomic mass is 32.2. The van der Waals surface area contributed by atoms with E-state index in [4.69, 9.17) is 0 Å². The third-order valence-electron chi connectivity index (χ3n) is 5.17. The Kier molecular flexibility index (Phi) is 5.80. The molecule has 0 aliphatic carbocycles. The Morgan fingerprint density at radius 2 is 1.72 bits per heavy atom. The third-order valence-corrected chi connectivity index (χ3v) is 6.21. The van der Waals surface area contributed by atoms with E-state index < -0.39 is 0 Å². The van der Waals surface area contributed by atoms with Gasteiger partial charge in [-0.1, -0.05) is 31.0 Å². The highest BCUT2D eigenvalue weighted by molar-refractivity contribution is 7.99. The maximum atomic E-state index is 11.4. The lowest BCUT2D eigenvalue weighted by Gasteiger charge is -2.25. The molecule has 0 N–H and O–H groups in total. The van der Waals surface area contributed by atoms with E-state index in [-0.39, 0.29) is 10.6 Å². The average molecular weight is 410 g/mol. The van der Waals surface area contributed by atoms with E-state index in [9.17, 15) is 10.1 Å². The first kappa shape index (κ1) is 19.4. The number of nitrogens with zero attached hydrogens (tertiary/aromatic N) is 5. The van der Waals surface area contributed by atoms with Crippen LogP contribution in [-0.4, -0.2) is 32.8 Å². The number of nitro groups is 1. The maximum absolute atomic E-state index is 11.4. The molecular formula is C21H23N5O2S. The van der Waals surface area contributed by atoms with Gasteiger partial charge in [0.25, 0.3) is 5.69 Å². The number of aromatic nitrogens is 3. The molecule has 1 aliphatic heterocycles. The summed E-state index contributed by atoms with van der Waals surface area (Å²) >= 11 is 1.55. The molecule has 7 nitrogen and oxygen atoms in total. The summed E-state index contributed by atoms with van der Waals surface area (Å²) in [4.78, 5) is 14.4. The third kappa shape index (κ3) is 4.27. The molecule has 0 radical (unpaired) electrons. The van der Waals surface area contributed by atoms with Crippen molar-refractivity contribution in [3.63, 3.8) is 0 Å². The second-order valence-corrected chi connectivity index (χ2v) is 8.18. The van der Waals surface area contributed by atoms with E-state index in [1.54, 1.807) is 30.0 Å². The van der Waals surface area contributed by atoms with Crippen LogP contribution in [0.2, 0.25) is 0 Å². The van der Waals surface area contributed by atoms with E-state index >= 15 is 0 Å². The standard InChI is InChI=1S/C21H23N5O2S/c1-24-20(22-23-21(24)29-17-9-5-4-6-10-17)18-12-11-16(26(27)28)15-19(18)25-13-7-2-3-8-14-25/h4-6,9-12,15H,2-3,7-8,13-14H2,1H3. The molecule has 0 amide bonds. The molecule has 2 heterocycles. The summed E-state index contributed by atoms with van der Waals surface area (Å²) in [6.07, 6.45) is 4.58. The van der Waals surface area contributed by atoms with Crippen LogP contribution in [0.5, 0.6) is 0 Å². The van der Waals surface area contributed by atoms with Gasteiger partial charge in [-0.3, -0.25) is 10.1 Å². The fourth-order valence-corrected chi connectivity index (χ4v) is 4.44. The van der Waals surface area contributed by atoms with Crippen LogP contribution >= 0.6 is 11.8 Å². The summed E-state index contributed by atoms with van der Waals surface area (Å²) in [6, 6.07) is 15.1. The second-order valence-electron chi connectivity index (χ2n) is 7.14. The normalized spacial score (nSPS) is 14.6. The minimum atomic E-state index is -0.335. The lowest BCUT2D eigenvalue weighted by atomic mass is 10.1. The molecule has 2 aromatic carbocycles. The van der Waals surface area contributed by atoms with E-state index in [1.807, 2.05) is 41.9 Å². The summed E-state index contributed by atoms with van der Waals surface area (Å²) in [6.45, 7) is 1.80. The van der Waals surface area contributed by atoms with Crippen molar-refractivity contribution in [1.82, 2.24) is 14.8 Å². The predicted molar refractivity (Wildman–Crippen MR) is 114 cm³/mol. The highest BCUT2D eigenvalue weighted by Gasteiger charge is 2.22. The van der Waals surface area contributed by atoms with E-state index in [0.717, 1.165) is 53.1 Å². The lowest BCUT2D eigenvalue weighted by Crippen LogP contribution is -2.24. The summed E-state index contributed by atoms with van der Waals surface area (Å²) < 4.78 is 1.96. The first-order valence-electron chi connectivity index (χ1n) is 9.79. The number of hydrogen-bond acceptors (Lipinski definition) is 6. The zero-order valence-corrected chi connectivity index (χ0v) is 17.1. The molecule has 0 unspecified atom stereocenters. The van der Waals surface area contributed by atoms with Gasteiger partial charge in [0.2, 0.25) is 0 Å². The number of non-ortho nitro benzene ring substituents is 1. The molecule has 3 aromatic rings. The SMILES string of the molecule is Cn1c(Sc2ccccc2)nnc1-c1ccc([N+](=O)[O-])cc1N1CCCCCC1. The molecule has 0 atom stereocenters. The Morgan fingerprint density at radius 3 is 2.41 bits per heavy atom. The molecule has 0 spiro atoms. The van der Waals surface area contributed by atoms with Crippen LogP contribution in [0.15, 0.2) is 58.6 Å². The molecule has 0 bridgehead atoms. The zero-order chi connectivity index (χ0) is 20.2. The van der Waals surface area contributed by atoms with Crippen LogP contribution in [0.4, 0.5) is 11.4 Å². The molecule has 8 heteroatoms. The quantitative estimate of drug-likeness (QED) is 0.440. The molecule has 29 heavy (non-hydrogen) atoms. The van der Waals surface area contributed by atoms with Crippen LogP contribution in [-0.2, 0) is 7.05 Å². The minimum absolute atomic E-state index is 0.106. The molecular weight excluding hydrogens is 386 g/mol. The van der Waals surface area contributed by atoms with Gasteiger partial charge in [-0.15, -0.1) is 10.2 Å². The van der Waals surface area contributed by atoms with Crippen LogP contribution in [0.25, 0.3) is 11.4 Å². The monoisotopic (exact) mass is 409 g/mol. The number of hydrogen-bond donors (Lipinski definition) is 0. The Labute approximate surface area is 173 Å². The van der Waals surface area contributed by atoms with Crippen molar-refractivity contribution in [2.24, 2.45) is 7.05 Å². The van der Waals surface area contributed by atoms with Gasteiger partial charge in [0.1, 0.15) is 0 Å². The predicted octanol–water partition coefficient (Wildman–Crippen LogP) is 4.92. The van der Waals surface area contributed by atoms with Gasteiger partial charge in [-0.05, 0) is 42.8 Å². The fourth-order valence-electron chi connectivity index (χ4n) is 3.63. The van der Waals surface area contributed by atoms with Gasteiger partial charge < -0.3 is 9.47 Å². The number of benzene rings is 2. The van der Waals surface area contributed by atoms with Gasteiger partial charge in [-0.2, -0.15) is 0 Å². The molecule has 1 fully saturated rings. The van der Waals surface area contributed by atoms with Crippen molar-refractivity contribution in [1.29, 1.82) is 0 Å². The second kappa shape index (κ2) is 8.65. The summed E-state index contributed by atoms with van der Waals surface area (Å²) in [5.41, 5.74) is 1.86. The van der Waals surface area contributed by atoms with Gasteiger partial charge in [0, 0.05) is 42.7 Å². The first-order valence-corrected chi connectivity index (χ1v) is 10.6. The van der Waals surface area contributed by atoms with E-state index in [2.05, 4.69) is 15.1 Å². The largest absolute Gasteiger partial charge is 0.371 e. The fraction of sp³-hybridized carbons (Fsp3) is 0.333. The number of rotatable bonds is 5. The molecule has 1 aromatic heterocycles. The van der Waals surface area contributed by atoms with E-state index in [0.29, 0.717) is 0 Å². The van der Waals surface area contributed by atoms with Crippen LogP contribution < -0.4 is 4.90 Å².